The van der Waals surface area contributed by atoms with Crippen LogP contribution >= 0.6 is 0 Å². The molecule has 1 fully saturated rings. The van der Waals surface area contributed by atoms with E-state index >= 15 is 0 Å². The smallest absolute Gasteiger partial charge is 0.0364 e. The van der Waals surface area contributed by atoms with Gasteiger partial charge in [0.2, 0.25) is 0 Å². The molecule has 0 aliphatic heterocycles. The molecule has 0 aromatic carbocycles. The normalized spacial score (nSPS) is 18.8. The number of hydrogen-bond acceptors (Lipinski definition) is 1. The fourth-order valence-electron chi connectivity index (χ4n) is 2.26. The average Bonchev–Trinajstić information content (AvgIpc) is 2.60. The molecule has 15 heavy (non-hydrogen) atoms. The molecule has 0 saturated heterocycles. The molecule has 2 rings (SSSR count). The maximum absolute atomic E-state index is 3.68. The number of nitrogens with zero attached hydrogens (tertiary/aromatic N) is 1. The molecule has 1 aromatic rings. The minimum Gasteiger partial charge on any atom is -0.350 e. The highest BCUT2D eigenvalue weighted by Crippen LogP contribution is 2.31. The molecule has 0 unspecified atom stereocenters. The molecule has 0 radical (unpaired) electrons. The summed E-state index contributed by atoms with van der Waals surface area (Å²) in [5.74, 6) is 0. The predicted octanol–water partition coefficient (Wildman–Crippen LogP) is 2.93. The Labute approximate surface area is 92.7 Å². The van der Waals surface area contributed by atoms with Crippen LogP contribution in [-0.4, -0.2) is 10.1 Å². The molecular formula is C13H22N2. The van der Waals surface area contributed by atoms with Gasteiger partial charge in [-0.25, -0.2) is 0 Å². The number of aryl methyl sites for hydroxylation is 1. The quantitative estimate of drug-likeness (QED) is 0.784. The van der Waals surface area contributed by atoms with E-state index in [1.807, 2.05) is 0 Å². The summed E-state index contributed by atoms with van der Waals surface area (Å²) in [4.78, 5) is 0. The van der Waals surface area contributed by atoms with Crippen LogP contribution in [0.3, 0.4) is 0 Å². The highest BCUT2D eigenvalue weighted by molar-refractivity contribution is 5.08. The Kier molecular flexibility index (Phi) is 3.15. The van der Waals surface area contributed by atoms with Crippen LogP contribution in [0.2, 0.25) is 0 Å². The minimum absolute atomic E-state index is 0.418. The van der Waals surface area contributed by atoms with Crippen LogP contribution in [0.25, 0.3) is 0 Å². The summed E-state index contributed by atoms with van der Waals surface area (Å²) in [6, 6.07) is 4.38. The van der Waals surface area contributed by atoms with E-state index in [0.717, 1.165) is 13.1 Å². The third-order valence-corrected chi connectivity index (χ3v) is 3.54. The first-order chi connectivity index (χ1) is 7.23. The van der Waals surface area contributed by atoms with Crippen molar-refractivity contribution in [2.75, 3.05) is 0 Å². The molecule has 1 heterocycles. The summed E-state index contributed by atoms with van der Waals surface area (Å²) in [5.41, 5.74) is 1.84. The first-order valence-corrected chi connectivity index (χ1v) is 6.12. The fourth-order valence-corrected chi connectivity index (χ4v) is 2.26. The molecule has 0 bridgehead atoms. The van der Waals surface area contributed by atoms with Crippen molar-refractivity contribution in [3.05, 3.63) is 24.0 Å². The van der Waals surface area contributed by atoms with Gasteiger partial charge in [0.25, 0.3) is 0 Å². The van der Waals surface area contributed by atoms with E-state index in [0.29, 0.717) is 5.54 Å². The van der Waals surface area contributed by atoms with E-state index in [4.69, 9.17) is 0 Å². The molecule has 1 N–H and O–H groups in total. The molecule has 1 aliphatic rings. The monoisotopic (exact) mass is 206 g/mol. The molecule has 1 saturated carbocycles. The van der Waals surface area contributed by atoms with Crippen LogP contribution in [0, 0.1) is 0 Å². The van der Waals surface area contributed by atoms with Crippen LogP contribution in [-0.2, 0) is 13.1 Å². The topological polar surface area (TPSA) is 17.0 Å². The summed E-state index contributed by atoms with van der Waals surface area (Å²) >= 11 is 0. The molecule has 2 heteroatoms. The Balaban J connectivity index is 1.89. The minimum atomic E-state index is 0.418. The van der Waals surface area contributed by atoms with Crippen molar-refractivity contribution >= 4 is 0 Å². The molecule has 1 aromatic heterocycles. The van der Waals surface area contributed by atoms with Gasteiger partial charge in [-0.3, -0.25) is 0 Å². The number of hydrogen-bond donors (Lipinski definition) is 1. The zero-order chi connectivity index (χ0) is 10.7. The van der Waals surface area contributed by atoms with Crippen LogP contribution in [0.15, 0.2) is 18.3 Å². The van der Waals surface area contributed by atoms with Gasteiger partial charge in [-0.2, -0.15) is 0 Å². The lowest BCUT2D eigenvalue weighted by molar-refractivity contribution is 0.205. The largest absolute Gasteiger partial charge is 0.350 e. The van der Waals surface area contributed by atoms with Crippen molar-refractivity contribution in [2.24, 2.45) is 0 Å². The average molecular weight is 206 g/mol. The van der Waals surface area contributed by atoms with Crippen molar-refractivity contribution in [1.29, 1.82) is 0 Å². The Morgan fingerprint density at radius 2 is 2.27 bits per heavy atom. The highest BCUT2D eigenvalue weighted by atomic mass is 15.0. The molecule has 0 atom stereocenters. The van der Waals surface area contributed by atoms with Gasteiger partial charge in [0.15, 0.2) is 0 Å². The first-order valence-electron chi connectivity index (χ1n) is 6.12. The van der Waals surface area contributed by atoms with Crippen LogP contribution in [0.5, 0.6) is 0 Å². The molecule has 2 nitrogen and oxygen atoms in total. The summed E-state index contributed by atoms with van der Waals surface area (Å²) in [5, 5.41) is 3.68. The van der Waals surface area contributed by atoms with Crippen LogP contribution < -0.4 is 5.32 Å². The number of nitrogens with one attached hydrogen (secondary N) is 1. The molecule has 84 valence electrons. The zero-order valence-electron chi connectivity index (χ0n) is 9.92. The second kappa shape index (κ2) is 4.40. The van der Waals surface area contributed by atoms with Crippen molar-refractivity contribution < 1.29 is 0 Å². The van der Waals surface area contributed by atoms with Gasteiger partial charge in [-0.1, -0.05) is 6.92 Å². The van der Waals surface area contributed by atoms with Crippen molar-refractivity contribution in [3.8, 4) is 0 Å². The van der Waals surface area contributed by atoms with Gasteiger partial charge in [0.1, 0.15) is 0 Å². The summed E-state index contributed by atoms with van der Waals surface area (Å²) in [6.45, 7) is 6.72. The fraction of sp³-hybridized carbons (Fsp3) is 0.692. The van der Waals surface area contributed by atoms with Gasteiger partial charge < -0.3 is 9.88 Å². The third-order valence-electron chi connectivity index (χ3n) is 3.54. The maximum Gasteiger partial charge on any atom is 0.0364 e. The highest BCUT2D eigenvalue weighted by Gasteiger charge is 2.30. The Morgan fingerprint density at radius 3 is 2.87 bits per heavy atom. The van der Waals surface area contributed by atoms with Crippen LogP contribution in [0.4, 0.5) is 0 Å². The zero-order valence-corrected chi connectivity index (χ0v) is 9.92. The van der Waals surface area contributed by atoms with Crippen LogP contribution in [0.1, 0.15) is 45.2 Å². The number of aromatic nitrogens is 1. The second-order valence-corrected chi connectivity index (χ2v) is 4.96. The van der Waals surface area contributed by atoms with Gasteiger partial charge in [0.05, 0.1) is 0 Å². The maximum atomic E-state index is 3.68. The molecular weight excluding hydrogens is 184 g/mol. The van der Waals surface area contributed by atoms with Crippen molar-refractivity contribution in [2.45, 2.75) is 58.2 Å². The molecule has 0 amide bonds. The standard InChI is InChI=1S/C13H22N2/c1-3-9-15-10-4-6-12(15)11-14-13(2)7-5-8-13/h4,6,10,14H,3,5,7-9,11H2,1-2H3. The van der Waals surface area contributed by atoms with E-state index in [9.17, 15) is 0 Å². The van der Waals surface area contributed by atoms with Gasteiger partial charge in [-0.05, 0) is 44.7 Å². The second-order valence-electron chi connectivity index (χ2n) is 4.96. The summed E-state index contributed by atoms with van der Waals surface area (Å²) in [7, 11) is 0. The van der Waals surface area contributed by atoms with Gasteiger partial charge in [0, 0.05) is 30.5 Å². The Morgan fingerprint density at radius 1 is 1.47 bits per heavy atom. The van der Waals surface area contributed by atoms with Crippen molar-refractivity contribution in [1.82, 2.24) is 9.88 Å². The molecule has 1 aliphatic carbocycles. The van der Waals surface area contributed by atoms with E-state index in [1.54, 1.807) is 0 Å². The molecule has 0 spiro atoms. The van der Waals surface area contributed by atoms with Gasteiger partial charge in [-0.15, -0.1) is 0 Å². The Bertz CT molecular complexity index is 310. The predicted molar refractivity (Wildman–Crippen MR) is 63.8 cm³/mol. The van der Waals surface area contributed by atoms with E-state index in [1.165, 1.54) is 31.4 Å². The lowest BCUT2D eigenvalue weighted by Gasteiger charge is -2.39. The SMILES string of the molecule is CCCn1cccc1CNC1(C)CCC1. The Hall–Kier alpha value is -0.760. The van der Waals surface area contributed by atoms with E-state index in [2.05, 4.69) is 42.1 Å². The van der Waals surface area contributed by atoms with Gasteiger partial charge >= 0.3 is 0 Å². The lowest BCUT2D eigenvalue weighted by atomic mass is 9.78. The summed E-state index contributed by atoms with van der Waals surface area (Å²) < 4.78 is 2.36. The number of rotatable bonds is 5. The van der Waals surface area contributed by atoms with E-state index in [-0.39, 0.29) is 0 Å². The summed E-state index contributed by atoms with van der Waals surface area (Å²) in [6.07, 6.45) is 7.45. The first kappa shape index (κ1) is 10.7. The third kappa shape index (κ3) is 2.43. The lowest BCUT2D eigenvalue weighted by Crippen LogP contribution is -2.47. The van der Waals surface area contributed by atoms with Crippen molar-refractivity contribution in [3.63, 3.8) is 0 Å². The van der Waals surface area contributed by atoms with E-state index < -0.39 is 0 Å².